The van der Waals surface area contributed by atoms with Gasteiger partial charge in [0.15, 0.2) is 5.78 Å². The van der Waals surface area contributed by atoms with E-state index >= 15 is 0 Å². The molecule has 4 rings (SSSR count). The largest absolute Gasteiger partial charge is 0.506 e. The zero-order valence-electron chi connectivity index (χ0n) is 41.2. The summed E-state index contributed by atoms with van der Waals surface area (Å²) in [4.78, 5) is 92.8. The van der Waals surface area contributed by atoms with Crippen LogP contribution >= 0.6 is 66.6 Å². The fraction of sp³-hybridized carbons (Fsp3) is 0.535. The lowest BCUT2D eigenvalue weighted by Gasteiger charge is -2.22. The van der Waals surface area contributed by atoms with Gasteiger partial charge in [0.1, 0.15) is 53.6 Å². The second-order valence-electron chi connectivity index (χ2n) is 17.8. The van der Waals surface area contributed by atoms with Crippen molar-refractivity contribution in [2.45, 2.75) is 114 Å². The molecule has 1 aliphatic rings. The summed E-state index contributed by atoms with van der Waals surface area (Å²) in [5.41, 5.74) is 8.62. The van der Waals surface area contributed by atoms with Gasteiger partial charge in [0.2, 0.25) is 0 Å². The molecular weight excluding hydrogens is 1120 g/mol. The minimum atomic E-state index is -5.79. The van der Waals surface area contributed by atoms with Crippen molar-refractivity contribution < 1.29 is 75.3 Å². The summed E-state index contributed by atoms with van der Waals surface area (Å²) in [6, 6.07) is 11.7. The summed E-state index contributed by atoms with van der Waals surface area (Å²) in [7, 11) is -11.2. The molecule has 0 bridgehead atoms. The SMILES string of the molecule is CC(C)(C)SSCOC1C[C@H](n2cc(C#CCOCSSC(C)(C)CCC(=O)c3ccc(N=Nc4ccc(CCCC(=O)CCCN=[N+]=[N-])cc4O)cc3)c(=O)[nH]c2=O)O[C@@H]1COP(=O)(O)OP(=O)(O)OP(=O)(O)O. The molecule has 0 saturated carbocycles. The quantitative estimate of drug-likeness (QED) is 0.00401. The molecule has 412 valence electrons. The summed E-state index contributed by atoms with van der Waals surface area (Å²) in [6.07, 6.45) is 1.11. The first kappa shape index (κ1) is 63.9. The van der Waals surface area contributed by atoms with Crippen LogP contribution in [0, 0.1) is 11.8 Å². The zero-order valence-corrected chi connectivity index (χ0v) is 47.2. The number of phosphoric ester groups is 1. The first-order valence-corrected chi connectivity index (χ1v) is 31.8. The van der Waals surface area contributed by atoms with Gasteiger partial charge in [-0.05, 0) is 87.0 Å². The predicted molar refractivity (Wildman–Crippen MR) is 285 cm³/mol. The Balaban J connectivity index is 1.23. The average Bonchev–Trinajstić information content (AvgIpc) is 3.71. The van der Waals surface area contributed by atoms with E-state index in [1.807, 2.05) is 40.7 Å². The van der Waals surface area contributed by atoms with Crippen LogP contribution in [-0.4, -0.2) is 99.1 Å². The molecule has 0 spiro atoms. The number of hydrogen-bond donors (Lipinski definition) is 6. The Hall–Kier alpha value is -3.58. The number of phenols is 1. The van der Waals surface area contributed by atoms with E-state index in [1.165, 1.54) is 43.2 Å². The molecule has 1 aromatic heterocycles. The monoisotopic (exact) mass is 1180 g/mol. The number of aromatic hydroxyl groups is 1. The molecule has 0 amide bonds. The molecule has 3 aromatic rings. The lowest BCUT2D eigenvalue weighted by atomic mass is 10.0. The Morgan fingerprint density at radius 2 is 1.64 bits per heavy atom. The summed E-state index contributed by atoms with van der Waals surface area (Å²) >= 11 is 0. The Morgan fingerprint density at radius 3 is 2.32 bits per heavy atom. The van der Waals surface area contributed by atoms with Crippen molar-refractivity contribution in [3.8, 4) is 17.6 Å². The maximum atomic E-state index is 13.1. The van der Waals surface area contributed by atoms with Gasteiger partial charge in [-0.25, -0.2) is 18.5 Å². The molecule has 1 saturated heterocycles. The molecule has 2 heterocycles. The molecule has 3 unspecified atom stereocenters. The zero-order chi connectivity index (χ0) is 55.5. The van der Waals surface area contributed by atoms with Gasteiger partial charge < -0.3 is 38.9 Å². The van der Waals surface area contributed by atoms with Gasteiger partial charge in [0.25, 0.3) is 5.56 Å². The number of Topliss-reactive ketones (excluding diaryl/α,β-unsaturated/α-hetero) is 2. The Labute approximate surface area is 447 Å². The summed E-state index contributed by atoms with van der Waals surface area (Å²) < 4.78 is 65.7. The normalized spacial score (nSPS) is 17.7. The van der Waals surface area contributed by atoms with Gasteiger partial charge in [0, 0.05) is 58.4 Å². The first-order valence-electron chi connectivity index (χ1n) is 22.6. The number of carbonyl (C=O) groups excluding carboxylic acids is 2. The van der Waals surface area contributed by atoms with Gasteiger partial charge >= 0.3 is 29.2 Å². The number of ketones is 2. The maximum absolute atomic E-state index is 13.1. The molecular formula is C43H58N7O18P3S4. The maximum Gasteiger partial charge on any atom is 0.490 e. The number of rotatable bonds is 31. The van der Waals surface area contributed by atoms with Crippen molar-refractivity contribution >= 4 is 89.6 Å². The van der Waals surface area contributed by atoms with E-state index in [9.17, 15) is 47.8 Å². The molecule has 0 aliphatic carbocycles. The molecule has 6 N–H and O–H groups in total. The summed E-state index contributed by atoms with van der Waals surface area (Å²) in [5, 5.41) is 22.3. The molecule has 32 heteroatoms. The highest BCUT2D eigenvalue weighted by Crippen LogP contribution is 2.66. The van der Waals surface area contributed by atoms with Crippen molar-refractivity contribution in [1.29, 1.82) is 0 Å². The van der Waals surface area contributed by atoms with Crippen molar-refractivity contribution in [2.24, 2.45) is 15.3 Å². The van der Waals surface area contributed by atoms with Gasteiger partial charge in [-0.3, -0.25) is 28.5 Å². The number of carbonyl (C=O) groups is 2. The van der Waals surface area contributed by atoms with E-state index in [0.717, 1.165) is 16.3 Å². The number of aryl methyl sites for hydroxylation is 1. The van der Waals surface area contributed by atoms with Crippen molar-refractivity contribution in [2.75, 3.05) is 31.6 Å². The first-order chi connectivity index (χ1) is 35.1. The fourth-order valence-electron chi connectivity index (χ4n) is 6.45. The smallest absolute Gasteiger partial charge is 0.490 e. The standard InChI is InChI=1S/C43H58N7O18P3S4/c1-42(2,3)74-73-28-64-37-24-39(66-38(37)26-65-70(59,60)68-71(61,62)67-69(56,57)58)50-25-31(40(54)46-41(50)55)10-8-22-63-27-72-75-43(4,5)20-19-35(52)30-14-16-32(17-15-30)47-48-34-18-13-29(23-36(34)53)9-6-11-33(51)12-7-21-45-49-44/h13-18,23,25,37-39,53H,6-7,9,11-12,19-22,24,26-28H2,1-5H3,(H,59,60)(H,61,62)(H,46,54,55)(H2,56,57,58)/t37?,38-,39-/m1/s1. The topological polar surface area (TPSA) is 370 Å². The number of aromatic amines is 1. The molecule has 75 heavy (non-hydrogen) atoms. The van der Waals surface area contributed by atoms with Crippen LogP contribution in [0.2, 0.25) is 0 Å². The third-order valence-corrected chi connectivity index (χ3v) is 19.7. The summed E-state index contributed by atoms with van der Waals surface area (Å²) in [6.45, 7) is 9.28. The van der Waals surface area contributed by atoms with Gasteiger partial charge in [-0.1, -0.05) is 87.0 Å². The molecule has 1 fully saturated rings. The van der Waals surface area contributed by atoms with Crippen molar-refractivity contribution in [3.63, 3.8) is 0 Å². The summed E-state index contributed by atoms with van der Waals surface area (Å²) in [5.74, 6) is 5.67. The highest BCUT2D eigenvalue weighted by Gasteiger charge is 2.44. The van der Waals surface area contributed by atoms with E-state index in [1.54, 1.807) is 36.4 Å². The molecule has 0 radical (unpaired) electrons. The molecule has 25 nitrogen and oxygen atoms in total. The number of benzene rings is 2. The van der Waals surface area contributed by atoms with Crippen LogP contribution in [0.25, 0.3) is 10.4 Å². The molecule has 1 aliphatic heterocycles. The minimum absolute atomic E-state index is 0.0526. The average molecular weight is 1180 g/mol. The van der Waals surface area contributed by atoms with Crippen molar-refractivity contribution in [1.82, 2.24) is 9.55 Å². The molecule has 5 atom stereocenters. The number of azo groups is 1. The number of H-pyrrole nitrogens is 1. The van der Waals surface area contributed by atoms with Crippen LogP contribution in [-0.2, 0) is 52.3 Å². The number of phenolic OH excluding ortho intramolecular Hbond substituents is 1. The second-order valence-corrected chi connectivity index (χ2v) is 28.2. The van der Waals surface area contributed by atoms with Gasteiger partial charge in [-0.15, -0.1) is 5.11 Å². The lowest BCUT2D eigenvalue weighted by Crippen LogP contribution is -2.33. The van der Waals surface area contributed by atoms with Crippen LogP contribution < -0.4 is 11.2 Å². The van der Waals surface area contributed by atoms with Gasteiger partial charge in [-0.2, -0.15) is 13.7 Å². The number of aromatic nitrogens is 2. The highest BCUT2D eigenvalue weighted by atomic mass is 33.1. The van der Waals surface area contributed by atoms with Crippen LogP contribution in [0.1, 0.15) is 107 Å². The number of hydrogen-bond acceptors (Lipinski definition) is 21. The van der Waals surface area contributed by atoms with Crippen LogP contribution in [0.3, 0.4) is 0 Å². The second kappa shape index (κ2) is 30.0. The van der Waals surface area contributed by atoms with E-state index in [2.05, 4.69) is 45.7 Å². The van der Waals surface area contributed by atoms with Crippen LogP contribution in [0.5, 0.6) is 5.75 Å². The predicted octanol–water partition coefficient (Wildman–Crippen LogP) is 9.94. The van der Waals surface area contributed by atoms with Crippen molar-refractivity contribution in [3.05, 3.63) is 96.6 Å². The Morgan fingerprint density at radius 1 is 0.933 bits per heavy atom. The Bertz CT molecular complexity index is 2850. The number of nitrogens with zero attached hydrogens (tertiary/aromatic N) is 6. The van der Waals surface area contributed by atoms with E-state index < -0.39 is 59.8 Å². The fourth-order valence-corrected chi connectivity index (χ4v) is 13.7. The number of azide groups is 1. The van der Waals surface area contributed by atoms with E-state index in [-0.39, 0.29) is 69.4 Å². The lowest BCUT2D eigenvalue weighted by molar-refractivity contribution is -0.119. The Kier molecular flexibility index (Phi) is 25.5. The minimum Gasteiger partial charge on any atom is -0.506 e. The van der Waals surface area contributed by atoms with E-state index in [0.29, 0.717) is 56.3 Å². The number of ether oxygens (including phenoxy) is 3. The number of nitrogens with one attached hydrogen (secondary N) is 1. The van der Waals surface area contributed by atoms with Crippen LogP contribution in [0.15, 0.2) is 73.6 Å². The van der Waals surface area contributed by atoms with E-state index in [4.69, 9.17) is 34.1 Å². The third kappa shape index (κ3) is 24.7. The molecule has 2 aromatic carbocycles. The third-order valence-electron chi connectivity index (χ3n) is 9.88. The van der Waals surface area contributed by atoms with Gasteiger partial charge in [0.05, 0.1) is 18.4 Å². The highest BCUT2D eigenvalue weighted by molar-refractivity contribution is 8.77. The number of phosphoric acid groups is 3. The van der Waals surface area contributed by atoms with Crippen LogP contribution in [0.4, 0.5) is 11.4 Å².